The molecule has 1 N–H and O–H groups in total. The van der Waals surface area contributed by atoms with E-state index in [1.165, 1.54) is 12.3 Å². The van der Waals surface area contributed by atoms with Crippen molar-refractivity contribution in [3.63, 3.8) is 0 Å². The van der Waals surface area contributed by atoms with Gasteiger partial charge in [-0.1, -0.05) is 13.0 Å². The van der Waals surface area contributed by atoms with Crippen molar-refractivity contribution in [1.29, 1.82) is 0 Å². The summed E-state index contributed by atoms with van der Waals surface area (Å²) in [7, 11) is 1.75. The summed E-state index contributed by atoms with van der Waals surface area (Å²) in [5.74, 6) is -1.15. The Balaban J connectivity index is 2.81. The summed E-state index contributed by atoms with van der Waals surface area (Å²) in [4.78, 5) is 28.2. The fraction of sp³-hybridized carbons (Fsp3) is 0.357. The summed E-state index contributed by atoms with van der Waals surface area (Å²) >= 11 is 0. The number of carbonyl (C=O) groups is 2. The first-order valence-corrected chi connectivity index (χ1v) is 6.10. The van der Waals surface area contributed by atoms with Crippen LogP contribution >= 0.6 is 0 Å². The molecule has 0 saturated heterocycles. The minimum atomic E-state index is -1.02. The van der Waals surface area contributed by atoms with Gasteiger partial charge in [-0.2, -0.15) is 0 Å². The Morgan fingerprint density at radius 1 is 1.47 bits per heavy atom. The fourth-order valence-corrected chi connectivity index (χ4v) is 1.45. The van der Waals surface area contributed by atoms with Gasteiger partial charge in [-0.3, -0.25) is 9.78 Å². The van der Waals surface area contributed by atoms with Gasteiger partial charge in [0.25, 0.3) is 5.91 Å². The Bertz CT molecular complexity index is 480. The average molecular weight is 262 g/mol. The van der Waals surface area contributed by atoms with E-state index in [2.05, 4.69) is 4.98 Å². The summed E-state index contributed by atoms with van der Waals surface area (Å²) in [6, 6.07) is 3.42. The predicted octanol–water partition coefficient (Wildman–Crippen LogP) is 2.05. The van der Waals surface area contributed by atoms with Crippen LogP contribution in [0.3, 0.4) is 0 Å². The first-order valence-electron chi connectivity index (χ1n) is 6.10. The molecule has 0 saturated carbocycles. The van der Waals surface area contributed by atoms with E-state index in [4.69, 9.17) is 5.11 Å². The summed E-state index contributed by atoms with van der Waals surface area (Å²) in [5.41, 5.74) is 1.00. The van der Waals surface area contributed by atoms with Crippen LogP contribution in [0, 0.1) is 0 Å². The lowest BCUT2D eigenvalue weighted by Gasteiger charge is -2.23. The molecular formula is C14H18N2O3. The van der Waals surface area contributed by atoms with Gasteiger partial charge in [0.1, 0.15) is 5.69 Å². The van der Waals surface area contributed by atoms with Crippen LogP contribution in [-0.4, -0.2) is 40.0 Å². The molecule has 19 heavy (non-hydrogen) atoms. The second-order valence-electron chi connectivity index (χ2n) is 4.32. The topological polar surface area (TPSA) is 70.5 Å². The van der Waals surface area contributed by atoms with Crippen molar-refractivity contribution in [1.82, 2.24) is 9.88 Å². The fourth-order valence-electron chi connectivity index (χ4n) is 1.45. The minimum absolute atomic E-state index is 0.136. The molecule has 1 amide bonds. The third-order valence-electron chi connectivity index (χ3n) is 3.00. The lowest BCUT2D eigenvalue weighted by atomic mass is 10.2. The van der Waals surface area contributed by atoms with E-state index in [0.29, 0.717) is 11.3 Å². The van der Waals surface area contributed by atoms with Gasteiger partial charge >= 0.3 is 5.97 Å². The molecular weight excluding hydrogens is 244 g/mol. The van der Waals surface area contributed by atoms with Crippen molar-refractivity contribution < 1.29 is 14.7 Å². The molecule has 0 aliphatic rings. The van der Waals surface area contributed by atoms with Gasteiger partial charge in [0.15, 0.2) is 0 Å². The van der Waals surface area contributed by atoms with Crippen LogP contribution in [0.4, 0.5) is 0 Å². The maximum Gasteiger partial charge on any atom is 0.328 e. The molecule has 0 aliphatic heterocycles. The van der Waals surface area contributed by atoms with E-state index in [1.54, 1.807) is 24.1 Å². The highest BCUT2D eigenvalue weighted by Gasteiger charge is 2.16. The van der Waals surface area contributed by atoms with Gasteiger partial charge in [0.2, 0.25) is 0 Å². The van der Waals surface area contributed by atoms with Crippen molar-refractivity contribution in [2.24, 2.45) is 0 Å². The highest BCUT2D eigenvalue weighted by molar-refractivity contribution is 5.92. The average Bonchev–Trinajstić information content (AvgIpc) is 2.43. The zero-order valence-corrected chi connectivity index (χ0v) is 11.3. The predicted molar refractivity (Wildman–Crippen MR) is 72.8 cm³/mol. The first-order chi connectivity index (χ1) is 8.95. The third-order valence-corrected chi connectivity index (χ3v) is 3.00. The monoisotopic (exact) mass is 262 g/mol. The molecule has 1 unspecified atom stereocenters. The number of carboxylic acids is 1. The van der Waals surface area contributed by atoms with Crippen LogP contribution in [0.25, 0.3) is 6.08 Å². The molecule has 5 nitrogen and oxygen atoms in total. The zero-order chi connectivity index (χ0) is 14.4. The molecule has 1 atom stereocenters. The van der Waals surface area contributed by atoms with Crippen LogP contribution < -0.4 is 0 Å². The van der Waals surface area contributed by atoms with Crippen molar-refractivity contribution >= 4 is 18.0 Å². The van der Waals surface area contributed by atoms with Crippen LogP contribution in [0.1, 0.15) is 36.3 Å². The van der Waals surface area contributed by atoms with Crippen LogP contribution in [-0.2, 0) is 4.79 Å². The molecule has 1 rings (SSSR count). The van der Waals surface area contributed by atoms with Gasteiger partial charge in [-0.05, 0) is 31.1 Å². The Labute approximate surface area is 112 Å². The lowest BCUT2D eigenvalue weighted by Crippen LogP contribution is -2.35. The molecule has 0 aliphatic carbocycles. The van der Waals surface area contributed by atoms with Crippen molar-refractivity contribution in [2.45, 2.75) is 26.3 Å². The Morgan fingerprint density at radius 3 is 2.63 bits per heavy atom. The quantitative estimate of drug-likeness (QED) is 0.824. The van der Waals surface area contributed by atoms with E-state index in [9.17, 15) is 9.59 Å². The van der Waals surface area contributed by atoms with Gasteiger partial charge < -0.3 is 10.0 Å². The van der Waals surface area contributed by atoms with E-state index in [-0.39, 0.29) is 11.9 Å². The Kier molecular flexibility index (Phi) is 5.23. The second kappa shape index (κ2) is 6.68. The van der Waals surface area contributed by atoms with Crippen LogP contribution in [0.15, 0.2) is 24.4 Å². The minimum Gasteiger partial charge on any atom is -0.478 e. The molecule has 102 valence electrons. The van der Waals surface area contributed by atoms with E-state index in [0.717, 1.165) is 12.5 Å². The highest BCUT2D eigenvalue weighted by Crippen LogP contribution is 2.08. The Hall–Kier alpha value is -2.17. The lowest BCUT2D eigenvalue weighted by molar-refractivity contribution is -0.131. The largest absolute Gasteiger partial charge is 0.478 e. The van der Waals surface area contributed by atoms with Crippen LogP contribution in [0.5, 0.6) is 0 Å². The van der Waals surface area contributed by atoms with Gasteiger partial charge in [0, 0.05) is 25.4 Å². The summed E-state index contributed by atoms with van der Waals surface area (Å²) in [6.07, 6.45) is 4.82. The molecule has 1 heterocycles. The number of nitrogens with zero attached hydrogens (tertiary/aromatic N) is 2. The van der Waals surface area contributed by atoms with E-state index < -0.39 is 5.97 Å². The second-order valence-corrected chi connectivity index (χ2v) is 4.32. The SMILES string of the molecule is CCC(C)N(C)C(=O)c1ccc(C=CC(=O)O)cn1. The molecule has 0 fully saturated rings. The summed E-state index contributed by atoms with van der Waals surface area (Å²) in [5, 5.41) is 8.51. The standard InChI is InChI=1S/C14H18N2O3/c1-4-10(2)16(3)14(19)12-7-5-11(9-15-12)6-8-13(17)18/h5-10H,4H2,1-3H3,(H,17,18). The molecule has 0 aromatic carbocycles. The molecule has 0 radical (unpaired) electrons. The molecule has 0 bridgehead atoms. The van der Waals surface area contributed by atoms with E-state index in [1.807, 2.05) is 13.8 Å². The highest BCUT2D eigenvalue weighted by atomic mass is 16.4. The van der Waals surface area contributed by atoms with Crippen molar-refractivity contribution in [3.8, 4) is 0 Å². The van der Waals surface area contributed by atoms with Gasteiger partial charge in [0.05, 0.1) is 0 Å². The van der Waals surface area contributed by atoms with Crippen molar-refractivity contribution in [3.05, 3.63) is 35.7 Å². The molecule has 1 aromatic heterocycles. The number of pyridine rings is 1. The number of hydrogen-bond acceptors (Lipinski definition) is 3. The number of amides is 1. The van der Waals surface area contributed by atoms with Crippen molar-refractivity contribution in [2.75, 3.05) is 7.05 Å². The third kappa shape index (κ3) is 4.21. The zero-order valence-electron chi connectivity index (χ0n) is 11.3. The van der Waals surface area contributed by atoms with Gasteiger partial charge in [-0.15, -0.1) is 0 Å². The number of carboxylic acid groups (broad SMARTS) is 1. The molecule has 5 heteroatoms. The Morgan fingerprint density at radius 2 is 2.16 bits per heavy atom. The van der Waals surface area contributed by atoms with E-state index >= 15 is 0 Å². The number of hydrogen-bond donors (Lipinski definition) is 1. The maximum atomic E-state index is 12.1. The van der Waals surface area contributed by atoms with Gasteiger partial charge in [-0.25, -0.2) is 4.79 Å². The number of rotatable bonds is 5. The smallest absolute Gasteiger partial charge is 0.328 e. The number of aromatic nitrogens is 1. The molecule has 0 spiro atoms. The first kappa shape index (κ1) is 14.9. The normalized spacial score (nSPS) is 12.4. The summed E-state index contributed by atoms with van der Waals surface area (Å²) < 4.78 is 0. The number of carbonyl (C=O) groups excluding carboxylic acids is 1. The maximum absolute atomic E-state index is 12.1. The number of aliphatic carboxylic acids is 1. The molecule has 1 aromatic rings. The summed E-state index contributed by atoms with van der Waals surface area (Å²) in [6.45, 7) is 3.99. The van der Waals surface area contributed by atoms with Crippen LogP contribution in [0.2, 0.25) is 0 Å².